The molecule has 0 aliphatic heterocycles. The Balaban J connectivity index is 2.13. The third-order valence-corrected chi connectivity index (χ3v) is 3.49. The van der Waals surface area contributed by atoms with Crippen molar-refractivity contribution < 1.29 is 9.90 Å². The molecule has 0 spiro atoms. The van der Waals surface area contributed by atoms with Crippen LogP contribution >= 0.6 is 0 Å². The van der Waals surface area contributed by atoms with Crippen molar-refractivity contribution in [2.24, 2.45) is 0 Å². The summed E-state index contributed by atoms with van der Waals surface area (Å²) in [6, 6.07) is 15.2. The predicted octanol–water partition coefficient (Wildman–Crippen LogP) is 2.01. The van der Waals surface area contributed by atoms with Crippen LogP contribution in [0.1, 0.15) is 21.6 Å². The monoisotopic (exact) mass is 305 g/mol. The van der Waals surface area contributed by atoms with Crippen LogP contribution in [0.5, 0.6) is 0 Å². The molecule has 6 heteroatoms. The number of hydrogen-bond donors (Lipinski definition) is 1. The van der Waals surface area contributed by atoms with Crippen molar-refractivity contribution >= 4 is 16.7 Å². The van der Waals surface area contributed by atoms with E-state index in [1.54, 1.807) is 48.5 Å². The summed E-state index contributed by atoms with van der Waals surface area (Å²) < 4.78 is 1.13. The molecule has 0 amide bonds. The van der Waals surface area contributed by atoms with Gasteiger partial charge in [-0.05, 0) is 23.8 Å². The first-order chi connectivity index (χ1) is 11.1. The van der Waals surface area contributed by atoms with Crippen molar-refractivity contribution in [3.05, 3.63) is 75.7 Å². The molecule has 0 radical (unpaired) electrons. The van der Waals surface area contributed by atoms with Gasteiger partial charge in [-0.1, -0.05) is 30.3 Å². The molecule has 0 aliphatic rings. The van der Waals surface area contributed by atoms with Crippen LogP contribution in [0.4, 0.5) is 0 Å². The number of carboxylic acids is 1. The molecule has 2 aromatic carbocycles. The lowest BCUT2D eigenvalue weighted by atomic mass is 10.1. The van der Waals surface area contributed by atoms with E-state index < -0.39 is 5.97 Å². The number of fused-ring (bicyclic) bond motifs is 1. The Kier molecular flexibility index (Phi) is 3.61. The summed E-state index contributed by atoms with van der Waals surface area (Å²) in [7, 11) is 0. The molecular weight excluding hydrogens is 294 g/mol. The highest BCUT2D eigenvalue weighted by Crippen LogP contribution is 2.14. The van der Waals surface area contributed by atoms with E-state index in [0.29, 0.717) is 16.3 Å². The molecule has 112 valence electrons. The van der Waals surface area contributed by atoms with Gasteiger partial charge in [0.2, 0.25) is 0 Å². The second kappa shape index (κ2) is 5.73. The van der Waals surface area contributed by atoms with Crippen LogP contribution in [-0.4, -0.2) is 20.9 Å². The number of nitriles is 1. The first-order valence-corrected chi connectivity index (χ1v) is 6.82. The van der Waals surface area contributed by atoms with E-state index in [1.807, 2.05) is 6.07 Å². The quantitative estimate of drug-likeness (QED) is 0.798. The molecule has 1 N–H and O–H groups in total. The SMILES string of the molecule is N#Cc1ccc(Cn2nc(C(=O)O)c3ccccc3c2=O)cc1. The number of carboxylic acid groups (broad SMARTS) is 1. The Morgan fingerprint density at radius 1 is 1.13 bits per heavy atom. The van der Waals surface area contributed by atoms with Gasteiger partial charge in [-0.2, -0.15) is 10.4 Å². The van der Waals surface area contributed by atoms with Crippen LogP contribution < -0.4 is 5.56 Å². The first-order valence-electron chi connectivity index (χ1n) is 6.82. The lowest BCUT2D eigenvalue weighted by molar-refractivity contribution is 0.0690. The molecule has 0 saturated carbocycles. The maximum atomic E-state index is 12.5. The zero-order valence-electron chi connectivity index (χ0n) is 11.9. The molecule has 0 bridgehead atoms. The minimum absolute atomic E-state index is 0.135. The molecule has 0 unspecified atom stereocenters. The number of aromatic nitrogens is 2. The lowest BCUT2D eigenvalue weighted by Gasteiger charge is -2.09. The van der Waals surface area contributed by atoms with Crippen LogP contribution in [0.3, 0.4) is 0 Å². The first kappa shape index (κ1) is 14.5. The Labute approximate surface area is 130 Å². The third kappa shape index (κ3) is 2.68. The average molecular weight is 305 g/mol. The topological polar surface area (TPSA) is 96.0 Å². The normalized spacial score (nSPS) is 10.4. The molecule has 3 rings (SSSR count). The highest BCUT2D eigenvalue weighted by molar-refractivity contribution is 6.01. The van der Waals surface area contributed by atoms with Gasteiger partial charge < -0.3 is 5.11 Å². The molecule has 6 nitrogen and oxygen atoms in total. The maximum Gasteiger partial charge on any atom is 0.357 e. The number of hydrogen-bond acceptors (Lipinski definition) is 4. The minimum atomic E-state index is -1.19. The number of benzene rings is 2. The summed E-state index contributed by atoms with van der Waals surface area (Å²) in [6.45, 7) is 0.135. The minimum Gasteiger partial charge on any atom is -0.476 e. The molecule has 1 aromatic heterocycles. The molecule has 0 saturated heterocycles. The molecular formula is C17H11N3O3. The van der Waals surface area contributed by atoms with Crippen molar-refractivity contribution in [1.29, 1.82) is 5.26 Å². The second-order valence-electron chi connectivity index (χ2n) is 4.97. The summed E-state index contributed by atoms with van der Waals surface area (Å²) in [5.41, 5.74) is 0.757. The standard InChI is InChI=1S/C17H11N3O3/c18-9-11-5-7-12(8-6-11)10-20-16(21)14-4-2-1-3-13(14)15(19-20)17(22)23/h1-8H,10H2,(H,22,23). The van der Waals surface area contributed by atoms with Crippen LogP contribution in [0.25, 0.3) is 10.8 Å². The van der Waals surface area contributed by atoms with Crippen molar-refractivity contribution in [1.82, 2.24) is 9.78 Å². The lowest BCUT2D eigenvalue weighted by Crippen LogP contribution is -2.26. The van der Waals surface area contributed by atoms with Crippen molar-refractivity contribution in [3.8, 4) is 6.07 Å². The summed E-state index contributed by atoms with van der Waals surface area (Å²) >= 11 is 0. The fourth-order valence-corrected chi connectivity index (χ4v) is 2.36. The largest absolute Gasteiger partial charge is 0.476 e. The summed E-state index contributed by atoms with van der Waals surface area (Å²) in [5.74, 6) is -1.19. The number of rotatable bonds is 3. The van der Waals surface area contributed by atoms with Crippen LogP contribution in [0.15, 0.2) is 53.3 Å². The number of nitrogens with zero attached hydrogens (tertiary/aromatic N) is 3. The molecule has 0 atom stereocenters. The highest BCUT2D eigenvalue weighted by atomic mass is 16.4. The van der Waals surface area contributed by atoms with Gasteiger partial charge in [0.25, 0.3) is 5.56 Å². The van der Waals surface area contributed by atoms with Gasteiger partial charge in [-0.25, -0.2) is 9.48 Å². The van der Waals surface area contributed by atoms with E-state index >= 15 is 0 Å². The van der Waals surface area contributed by atoms with Gasteiger partial charge in [-0.15, -0.1) is 0 Å². The Morgan fingerprint density at radius 3 is 2.39 bits per heavy atom. The van der Waals surface area contributed by atoms with E-state index in [9.17, 15) is 14.7 Å². The molecule has 0 aliphatic carbocycles. The third-order valence-electron chi connectivity index (χ3n) is 3.49. The summed E-state index contributed by atoms with van der Waals surface area (Å²) in [5, 5.41) is 22.7. The van der Waals surface area contributed by atoms with Crippen LogP contribution in [0, 0.1) is 11.3 Å². The van der Waals surface area contributed by atoms with Gasteiger partial charge in [0.1, 0.15) is 0 Å². The fourth-order valence-electron chi connectivity index (χ4n) is 2.36. The zero-order valence-corrected chi connectivity index (χ0v) is 11.9. The van der Waals surface area contributed by atoms with Crippen molar-refractivity contribution in [2.45, 2.75) is 6.54 Å². The number of carbonyl (C=O) groups is 1. The summed E-state index contributed by atoms with van der Waals surface area (Å²) in [6.07, 6.45) is 0. The van der Waals surface area contributed by atoms with E-state index in [2.05, 4.69) is 5.10 Å². The maximum absolute atomic E-state index is 12.5. The Morgan fingerprint density at radius 2 is 1.78 bits per heavy atom. The van der Waals surface area contributed by atoms with Crippen molar-refractivity contribution in [3.63, 3.8) is 0 Å². The van der Waals surface area contributed by atoms with Crippen molar-refractivity contribution in [2.75, 3.05) is 0 Å². The zero-order chi connectivity index (χ0) is 16.4. The molecule has 0 fully saturated rings. The van der Waals surface area contributed by atoms with Gasteiger partial charge in [0.15, 0.2) is 5.69 Å². The second-order valence-corrected chi connectivity index (χ2v) is 4.97. The molecule has 23 heavy (non-hydrogen) atoms. The Hall–Kier alpha value is -3.46. The van der Waals surface area contributed by atoms with Gasteiger partial charge in [0.05, 0.1) is 23.6 Å². The van der Waals surface area contributed by atoms with Crippen LogP contribution in [0.2, 0.25) is 0 Å². The predicted molar refractivity (Wildman–Crippen MR) is 83.2 cm³/mol. The van der Waals surface area contributed by atoms with E-state index in [0.717, 1.165) is 10.2 Å². The van der Waals surface area contributed by atoms with Gasteiger partial charge in [0, 0.05) is 5.39 Å². The molecule has 3 aromatic rings. The Bertz CT molecular complexity index is 998. The average Bonchev–Trinajstić information content (AvgIpc) is 2.58. The molecule has 1 heterocycles. The summed E-state index contributed by atoms with van der Waals surface area (Å²) in [4.78, 5) is 23.9. The number of aromatic carboxylic acids is 1. The van der Waals surface area contributed by atoms with Gasteiger partial charge in [-0.3, -0.25) is 4.79 Å². The van der Waals surface area contributed by atoms with E-state index in [4.69, 9.17) is 5.26 Å². The van der Waals surface area contributed by atoms with E-state index in [-0.39, 0.29) is 17.8 Å². The smallest absolute Gasteiger partial charge is 0.357 e. The van der Waals surface area contributed by atoms with Crippen LogP contribution in [-0.2, 0) is 6.54 Å². The highest BCUT2D eigenvalue weighted by Gasteiger charge is 2.15. The fraction of sp³-hybridized carbons (Fsp3) is 0.0588. The van der Waals surface area contributed by atoms with E-state index in [1.165, 1.54) is 0 Å². The van der Waals surface area contributed by atoms with Gasteiger partial charge >= 0.3 is 5.97 Å².